The Morgan fingerprint density at radius 3 is 2.94 bits per heavy atom. The Kier molecular flexibility index (Phi) is 3.49. The first-order valence-corrected chi connectivity index (χ1v) is 6.08. The van der Waals surface area contributed by atoms with Gasteiger partial charge in [-0.3, -0.25) is 9.78 Å². The highest BCUT2D eigenvalue weighted by atomic mass is 32.1. The van der Waals surface area contributed by atoms with Crippen LogP contribution in [0.25, 0.3) is 10.6 Å². The minimum Gasteiger partial charge on any atom is -0.481 e. The van der Waals surface area contributed by atoms with Gasteiger partial charge in [0, 0.05) is 12.6 Å². The van der Waals surface area contributed by atoms with E-state index in [1.165, 1.54) is 0 Å². The summed E-state index contributed by atoms with van der Waals surface area (Å²) in [5, 5.41) is 9.64. The van der Waals surface area contributed by atoms with Crippen LogP contribution < -0.4 is 0 Å². The molecule has 2 rings (SSSR count). The predicted molar refractivity (Wildman–Crippen MR) is 66.0 cm³/mol. The molecule has 2 aromatic rings. The number of carbonyl (C=O) groups is 1. The quantitative estimate of drug-likeness (QED) is 0.903. The van der Waals surface area contributed by atoms with Gasteiger partial charge in [0.1, 0.15) is 0 Å². The lowest BCUT2D eigenvalue weighted by atomic mass is 10.2. The average Bonchev–Trinajstić information content (AvgIpc) is 2.69. The second kappa shape index (κ2) is 5.05. The molecular formula is C12H12N2O2S. The van der Waals surface area contributed by atoms with Crippen LogP contribution in [0.4, 0.5) is 0 Å². The Morgan fingerprint density at radius 2 is 2.29 bits per heavy atom. The Morgan fingerprint density at radius 1 is 1.47 bits per heavy atom. The number of aliphatic carboxylic acids is 1. The number of carboxylic acids is 1. The molecule has 2 aromatic heterocycles. The molecule has 0 aromatic carbocycles. The van der Waals surface area contributed by atoms with Crippen molar-refractivity contribution >= 4 is 17.3 Å². The molecule has 0 amide bonds. The second-order valence-electron chi connectivity index (χ2n) is 3.62. The molecule has 1 N–H and O–H groups in total. The highest BCUT2D eigenvalue weighted by molar-refractivity contribution is 7.15. The summed E-state index contributed by atoms with van der Waals surface area (Å²) in [4.78, 5) is 20.2. The topological polar surface area (TPSA) is 63.1 Å². The van der Waals surface area contributed by atoms with Gasteiger partial charge in [0.15, 0.2) is 0 Å². The number of nitrogens with zero attached hydrogens (tertiary/aromatic N) is 2. The van der Waals surface area contributed by atoms with E-state index in [1.807, 2.05) is 25.1 Å². The smallest absolute Gasteiger partial charge is 0.303 e. The van der Waals surface area contributed by atoms with Gasteiger partial charge in [-0.25, -0.2) is 4.98 Å². The minimum absolute atomic E-state index is 0.100. The van der Waals surface area contributed by atoms with Crippen LogP contribution >= 0.6 is 11.3 Å². The first-order chi connectivity index (χ1) is 8.16. The molecule has 4 nitrogen and oxygen atoms in total. The zero-order valence-electron chi connectivity index (χ0n) is 9.38. The van der Waals surface area contributed by atoms with Gasteiger partial charge in [0.2, 0.25) is 0 Å². The lowest BCUT2D eigenvalue weighted by Crippen LogP contribution is -1.99. The Balaban J connectivity index is 2.31. The summed E-state index contributed by atoms with van der Waals surface area (Å²) in [5.74, 6) is -0.803. The molecule has 0 aliphatic heterocycles. The molecule has 0 bridgehead atoms. The number of rotatable bonds is 4. The van der Waals surface area contributed by atoms with Crippen molar-refractivity contribution in [2.45, 2.75) is 19.8 Å². The van der Waals surface area contributed by atoms with Crippen LogP contribution in [-0.4, -0.2) is 21.0 Å². The number of hydrogen-bond donors (Lipinski definition) is 1. The van der Waals surface area contributed by atoms with Gasteiger partial charge in [-0.15, -0.1) is 11.3 Å². The molecule has 0 radical (unpaired) electrons. The van der Waals surface area contributed by atoms with Crippen molar-refractivity contribution in [3.8, 4) is 10.6 Å². The molecule has 0 saturated heterocycles. The van der Waals surface area contributed by atoms with Crippen molar-refractivity contribution in [1.82, 2.24) is 9.97 Å². The van der Waals surface area contributed by atoms with Gasteiger partial charge in [-0.05, 0) is 19.1 Å². The van der Waals surface area contributed by atoms with Crippen molar-refractivity contribution in [3.05, 3.63) is 35.1 Å². The summed E-state index contributed by atoms with van der Waals surface area (Å²) in [6.45, 7) is 1.92. The summed E-state index contributed by atoms with van der Waals surface area (Å²) in [6.07, 6.45) is 2.28. The van der Waals surface area contributed by atoms with E-state index in [1.54, 1.807) is 17.5 Å². The molecule has 0 atom stereocenters. The van der Waals surface area contributed by atoms with E-state index in [-0.39, 0.29) is 6.42 Å². The van der Waals surface area contributed by atoms with E-state index in [2.05, 4.69) is 9.97 Å². The van der Waals surface area contributed by atoms with E-state index in [0.29, 0.717) is 6.42 Å². The molecule has 0 fully saturated rings. The lowest BCUT2D eigenvalue weighted by Gasteiger charge is -1.99. The van der Waals surface area contributed by atoms with Crippen molar-refractivity contribution in [1.29, 1.82) is 0 Å². The van der Waals surface area contributed by atoms with E-state index in [4.69, 9.17) is 5.11 Å². The van der Waals surface area contributed by atoms with Gasteiger partial charge < -0.3 is 5.11 Å². The molecule has 88 valence electrons. The van der Waals surface area contributed by atoms with Crippen LogP contribution in [0, 0.1) is 6.92 Å². The predicted octanol–water partition coefficient (Wildman–Crippen LogP) is 2.53. The lowest BCUT2D eigenvalue weighted by molar-refractivity contribution is -0.136. The summed E-state index contributed by atoms with van der Waals surface area (Å²) >= 11 is 1.55. The zero-order valence-corrected chi connectivity index (χ0v) is 10.2. The van der Waals surface area contributed by atoms with Gasteiger partial charge in [-0.2, -0.15) is 0 Å². The van der Waals surface area contributed by atoms with E-state index in [0.717, 1.165) is 21.3 Å². The van der Waals surface area contributed by atoms with E-state index in [9.17, 15) is 4.79 Å². The molecule has 17 heavy (non-hydrogen) atoms. The van der Waals surface area contributed by atoms with Gasteiger partial charge >= 0.3 is 5.97 Å². The highest BCUT2D eigenvalue weighted by Crippen LogP contribution is 2.29. The Hall–Kier alpha value is -1.75. The normalized spacial score (nSPS) is 10.4. The van der Waals surface area contributed by atoms with Crippen LogP contribution in [0.1, 0.15) is 17.1 Å². The third-order valence-corrected chi connectivity index (χ3v) is 3.31. The second-order valence-corrected chi connectivity index (χ2v) is 4.82. The summed E-state index contributed by atoms with van der Waals surface area (Å²) in [6, 6.07) is 5.68. The average molecular weight is 248 g/mol. The van der Waals surface area contributed by atoms with E-state index < -0.39 is 5.97 Å². The van der Waals surface area contributed by atoms with Gasteiger partial charge in [-0.1, -0.05) is 6.07 Å². The van der Waals surface area contributed by atoms with Gasteiger partial charge in [0.05, 0.1) is 27.7 Å². The summed E-state index contributed by atoms with van der Waals surface area (Å²) in [5.41, 5.74) is 1.69. The number of thiazole rings is 1. The molecule has 5 heteroatoms. The maximum Gasteiger partial charge on any atom is 0.303 e. The van der Waals surface area contributed by atoms with Crippen LogP contribution in [0.15, 0.2) is 24.4 Å². The third-order valence-electron chi connectivity index (χ3n) is 2.28. The van der Waals surface area contributed by atoms with Crippen LogP contribution in [0.3, 0.4) is 0 Å². The van der Waals surface area contributed by atoms with Crippen LogP contribution in [0.5, 0.6) is 0 Å². The molecule has 2 heterocycles. The summed E-state index contributed by atoms with van der Waals surface area (Å²) < 4.78 is 0. The maximum absolute atomic E-state index is 10.6. The summed E-state index contributed by atoms with van der Waals surface area (Å²) in [7, 11) is 0. The Labute approximate surface area is 103 Å². The van der Waals surface area contributed by atoms with Crippen molar-refractivity contribution in [2.75, 3.05) is 0 Å². The van der Waals surface area contributed by atoms with Gasteiger partial charge in [0.25, 0.3) is 0 Å². The molecule has 0 spiro atoms. The fraction of sp³-hybridized carbons (Fsp3) is 0.250. The number of aryl methyl sites for hydroxylation is 2. The zero-order chi connectivity index (χ0) is 12.3. The fourth-order valence-electron chi connectivity index (χ4n) is 1.56. The highest BCUT2D eigenvalue weighted by Gasteiger charge is 2.13. The minimum atomic E-state index is -0.803. The Bertz CT molecular complexity index is 523. The molecule has 0 aliphatic rings. The molecule has 0 saturated carbocycles. The third kappa shape index (κ3) is 2.88. The van der Waals surface area contributed by atoms with Crippen LogP contribution in [-0.2, 0) is 11.2 Å². The first-order valence-electron chi connectivity index (χ1n) is 5.26. The SMILES string of the molecule is Cc1nc(CCC(=O)O)c(-c2ccccn2)s1. The number of aromatic nitrogens is 2. The first kappa shape index (κ1) is 11.7. The van der Waals surface area contributed by atoms with Crippen molar-refractivity contribution in [2.24, 2.45) is 0 Å². The molecule has 0 unspecified atom stereocenters. The van der Waals surface area contributed by atoms with Crippen molar-refractivity contribution < 1.29 is 9.90 Å². The number of carboxylic acid groups (broad SMARTS) is 1. The molecule has 0 aliphatic carbocycles. The van der Waals surface area contributed by atoms with Crippen molar-refractivity contribution in [3.63, 3.8) is 0 Å². The largest absolute Gasteiger partial charge is 0.481 e. The number of pyridine rings is 1. The van der Waals surface area contributed by atoms with Crippen LogP contribution in [0.2, 0.25) is 0 Å². The standard InChI is InChI=1S/C12H12N2O2S/c1-8-14-10(5-6-11(15)16)12(17-8)9-4-2-3-7-13-9/h2-4,7H,5-6H2,1H3,(H,15,16). The fourth-order valence-corrected chi connectivity index (χ4v) is 2.50. The number of hydrogen-bond acceptors (Lipinski definition) is 4. The molecular weight excluding hydrogens is 236 g/mol. The maximum atomic E-state index is 10.6. The van der Waals surface area contributed by atoms with E-state index >= 15 is 0 Å². The monoisotopic (exact) mass is 248 g/mol.